The number of hydrogen-bond donors (Lipinski definition) is 0. The van der Waals surface area contributed by atoms with Crippen LogP contribution in [0.3, 0.4) is 0 Å². The van der Waals surface area contributed by atoms with E-state index in [2.05, 4.69) is 9.47 Å². The third-order valence-corrected chi connectivity index (χ3v) is 4.53. The molecular formula is C18H18O7. The molecule has 1 aromatic carbocycles. The zero-order chi connectivity index (χ0) is 18.1. The van der Waals surface area contributed by atoms with Crippen LogP contribution >= 0.6 is 0 Å². The molecule has 0 aromatic heterocycles. The van der Waals surface area contributed by atoms with Crippen molar-refractivity contribution in [1.82, 2.24) is 0 Å². The van der Waals surface area contributed by atoms with Crippen LogP contribution in [0, 0.1) is 11.8 Å². The number of cyclic esters (lactones) is 4. The summed E-state index contributed by atoms with van der Waals surface area (Å²) in [5.41, 5.74) is 0.396. The zero-order valence-electron chi connectivity index (χ0n) is 13.9. The number of fused-ring (bicyclic) bond motifs is 2. The van der Waals surface area contributed by atoms with Crippen molar-refractivity contribution in [1.29, 1.82) is 0 Å². The van der Waals surface area contributed by atoms with E-state index in [-0.39, 0.29) is 23.1 Å². The molecule has 3 unspecified atom stereocenters. The average molecular weight is 346 g/mol. The van der Waals surface area contributed by atoms with Gasteiger partial charge in [-0.05, 0) is 37.5 Å². The standard InChI is InChI=1S/C16H12O7.C2H6/c17-13-9-3-1-7(5-11(9)15(19)22-13)21-8-2-4-10-12(6-8)16(20)23-14(10)18;1-2/h1,3,5,8,10,12H,2,4,6H2;1-2H3. The van der Waals surface area contributed by atoms with Crippen molar-refractivity contribution in [3.8, 4) is 5.75 Å². The molecule has 0 N–H and O–H groups in total. The van der Waals surface area contributed by atoms with Gasteiger partial charge < -0.3 is 14.2 Å². The lowest BCUT2D eigenvalue weighted by Crippen LogP contribution is -2.33. The number of esters is 4. The van der Waals surface area contributed by atoms with Crippen molar-refractivity contribution in [2.75, 3.05) is 0 Å². The SMILES string of the molecule is CC.O=C1OC(=O)c2cc(OC3CCC4C(=O)OC(=O)C4C3)ccc21. The third-order valence-electron chi connectivity index (χ3n) is 4.53. The van der Waals surface area contributed by atoms with Gasteiger partial charge in [-0.1, -0.05) is 13.8 Å². The first-order valence-corrected chi connectivity index (χ1v) is 8.35. The van der Waals surface area contributed by atoms with E-state index in [0.29, 0.717) is 25.0 Å². The van der Waals surface area contributed by atoms with Crippen LogP contribution in [0.2, 0.25) is 0 Å². The minimum atomic E-state index is -0.691. The highest BCUT2D eigenvalue weighted by Crippen LogP contribution is 2.38. The molecule has 1 aromatic rings. The maximum Gasteiger partial charge on any atom is 0.347 e. The van der Waals surface area contributed by atoms with Crippen LogP contribution in [0.5, 0.6) is 5.75 Å². The maximum absolute atomic E-state index is 11.7. The van der Waals surface area contributed by atoms with Crippen LogP contribution in [0.15, 0.2) is 18.2 Å². The number of rotatable bonds is 2. The van der Waals surface area contributed by atoms with Gasteiger partial charge in [0.25, 0.3) is 0 Å². The Bertz CT molecular complexity index is 752. The van der Waals surface area contributed by atoms with Crippen LogP contribution in [-0.2, 0) is 19.1 Å². The summed E-state index contributed by atoms with van der Waals surface area (Å²) >= 11 is 0. The number of hydrogen-bond acceptors (Lipinski definition) is 7. The van der Waals surface area contributed by atoms with Gasteiger partial charge in [0.2, 0.25) is 0 Å². The van der Waals surface area contributed by atoms with Crippen LogP contribution < -0.4 is 4.74 Å². The lowest BCUT2D eigenvalue weighted by Gasteiger charge is -2.28. The fourth-order valence-corrected chi connectivity index (χ4v) is 3.36. The van der Waals surface area contributed by atoms with Gasteiger partial charge in [-0.25, -0.2) is 9.59 Å². The van der Waals surface area contributed by atoms with Crippen molar-refractivity contribution < 1.29 is 33.4 Å². The van der Waals surface area contributed by atoms with Gasteiger partial charge in [-0.3, -0.25) is 9.59 Å². The van der Waals surface area contributed by atoms with E-state index in [9.17, 15) is 19.2 Å². The molecule has 0 bridgehead atoms. The highest BCUT2D eigenvalue weighted by Gasteiger charge is 2.48. The molecule has 1 saturated heterocycles. The first kappa shape index (κ1) is 17.1. The molecule has 2 fully saturated rings. The first-order chi connectivity index (χ1) is 12.0. The lowest BCUT2D eigenvalue weighted by molar-refractivity contribution is -0.153. The second-order valence-electron chi connectivity index (χ2n) is 5.89. The zero-order valence-corrected chi connectivity index (χ0v) is 13.9. The van der Waals surface area contributed by atoms with Crippen molar-refractivity contribution in [3.05, 3.63) is 29.3 Å². The fourth-order valence-electron chi connectivity index (χ4n) is 3.36. The van der Waals surface area contributed by atoms with Gasteiger partial charge in [-0.2, -0.15) is 0 Å². The molecule has 132 valence electrons. The second kappa shape index (κ2) is 6.66. The molecule has 7 nitrogen and oxygen atoms in total. The number of carbonyl (C=O) groups is 4. The predicted molar refractivity (Wildman–Crippen MR) is 83.9 cm³/mol. The van der Waals surface area contributed by atoms with Crippen LogP contribution in [0.25, 0.3) is 0 Å². The molecular weight excluding hydrogens is 328 g/mol. The van der Waals surface area contributed by atoms with Crippen molar-refractivity contribution in [2.45, 2.75) is 39.2 Å². The van der Waals surface area contributed by atoms with E-state index in [0.717, 1.165) is 0 Å². The van der Waals surface area contributed by atoms with Crippen LogP contribution in [0.4, 0.5) is 0 Å². The van der Waals surface area contributed by atoms with Crippen molar-refractivity contribution in [3.63, 3.8) is 0 Å². The Labute approximate surface area is 144 Å². The van der Waals surface area contributed by atoms with Crippen molar-refractivity contribution >= 4 is 23.9 Å². The number of carbonyl (C=O) groups excluding carboxylic acids is 4. The topological polar surface area (TPSA) is 96.0 Å². The molecule has 1 aliphatic carbocycles. The minimum Gasteiger partial charge on any atom is -0.490 e. The van der Waals surface area contributed by atoms with Gasteiger partial charge >= 0.3 is 23.9 Å². The molecule has 1 saturated carbocycles. The Balaban J connectivity index is 0.000000880. The van der Waals surface area contributed by atoms with Gasteiger partial charge in [-0.15, -0.1) is 0 Å². The predicted octanol–water partition coefficient (Wildman–Crippen LogP) is 2.27. The van der Waals surface area contributed by atoms with Gasteiger partial charge in [0.15, 0.2) is 0 Å². The number of benzene rings is 1. The van der Waals surface area contributed by atoms with Crippen molar-refractivity contribution in [2.24, 2.45) is 11.8 Å². The summed E-state index contributed by atoms with van der Waals surface area (Å²) in [6, 6.07) is 4.53. The van der Waals surface area contributed by atoms with E-state index < -0.39 is 29.8 Å². The van der Waals surface area contributed by atoms with E-state index in [1.54, 1.807) is 6.07 Å². The molecule has 3 aliphatic rings. The van der Waals surface area contributed by atoms with E-state index in [4.69, 9.17) is 4.74 Å². The molecule has 25 heavy (non-hydrogen) atoms. The number of ether oxygens (including phenoxy) is 3. The molecule has 4 rings (SSSR count). The van der Waals surface area contributed by atoms with Gasteiger partial charge in [0.1, 0.15) is 5.75 Å². The molecule has 2 heterocycles. The first-order valence-electron chi connectivity index (χ1n) is 8.35. The van der Waals surface area contributed by atoms with Crippen LogP contribution in [0.1, 0.15) is 53.8 Å². The Morgan fingerprint density at radius 2 is 1.56 bits per heavy atom. The molecule has 3 atom stereocenters. The largest absolute Gasteiger partial charge is 0.490 e. The summed E-state index contributed by atoms with van der Waals surface area (Å²) in [6.45, 7) is 4.00. The highest BCUT2D eigenvalue weighted by molar-refractivity contribution is 6.14. The maximum atomic E-state index is 11.7. The third kappa shape index (κ3) is 3.01. The summed E-state index contributed by atoms with van der Waals surface area (Å²) in [7, 11) is 0. The normalized spacial score (nSPS) is 26.9. The average Bonchev–Trinajstić information content (AvgIpc) is 3.05. The fraction of sp³-hybridized carbons (Fsp3) is 0.444. The summed E-state index contributed by atoms with van der Waals surface area (Å²) in [6.07, 6.45) is 1.30. The Morgan fingerprint density at radius 1 is 0.880 bits per heavy atom. The molecule has 2 aliphatic heterocycles. The Kier molecular flexibility index (Phi) is 4.57. The molecule has 0 radical (unpaired) electrons. The Hall–Kier alpha value is -2.70. The molecule has 0 spiro atoms. The van der Waals surface area contributed by atoms with Crippen LogP contribution in [-0.4, -0.2) is 30.0 Å². The molecule has 0 amide bonds. The summed E-state index contributed by atoms with van der Waals surface area (Å²) in [4.78, 5) is 46.1. The summed E-state index contributed by atoms with van der Waals surface area (Å²) in [5.74, 6) is -2.68. The van der Waals surface area contributed by atoms with Gasteiger partial charge in [0, 0.05) is 0 Å². The van der Waals surface area contributed by atoms with E-state index >= 15 is 0 Å². The smallest absolute Gasteiger partial charge is 0.347 e. The van der Waals surface area contributed by atoms with Gasteiger partial charge in [0.05, 0.1) is 29.1 Å². The molecule has 7 heteroatoms. The minimum absolute atomic E-state index is 0.177. The Morgan fingerprint density at radius 3 is 2.32 bits per heavy atom. The summed E-state index contributed by atoms with van der Waals surface area (Å²) in [5, 5.41) is 0. The quantitative estimate of drug-likeness (QED) is 0.598. The van der Waals surface area contributed by atoms with E-state index in [1.165, 1.54) is 12.1 Å². The van der Waals surface area contributed by atoms with E-state index in [1.807, 2.05) is 13.8 Å². The lowest BCUT2D eigenvalue weighted by atomic mass is 9.79. The monoisotopic (exact) mass is 346 g/mol. The highest BCUT2D eigenvalue weighted by atomic mass is 16.6. The second-order valence-corrected chi connectivity index (χ2v) is 5.89. The summed E-state index contributed by atoms with van der Waals surface area (Å²) < 4.78 is 15.0.